The zero-order valence-electron chi connectivity index (χ0n) is 11.5. The van der Waals surface area contributed by atoms with Crippen molar-refractivity contribution in [1.29, 1.82) is 0 Å². The summed E-state index contributed by atoms with van der Waals surface area (Å²) >= 11 is 0. The van der Waals surface area contributed by atoms with Gasteiger partial charge in [-0.25, -0.2) is 0 Å². The molecule has 2 aromatic rings. The third-order valence-electron chi connectivity index (χ3n) is 3.48. The molecule has 0 bridgehead atoms. The number of aromatic hydroxyl groups is 2. The van der Waals surface area contributed by atoms with Gasteiger partial charge in [-0.05, 0) is 24.3 Å². The zero-order chi connectivity index (χ0) is 15.7. The van der Waals surface area contributed by atoms with E-state index in [1.54, 1.807) is 36.4 Å². The molecule has 3 rings (SSSR count). The zero-order valence-corrected chi connectivity index (χ0v) is 11.5. The number of hydrogen-bond acceptors (Lipinski definition) is 4. The van der Waals surface area contributed by atoms with E-state index in [1.807, 2.05) is 0 Å². The monoisotopic (exact) mass is 292 g/mol. The molecule has 0 aliphatic heterocycles. The number of benzene rings is 2. The second-order valence-corrected chi connectivity index (χ2v) is 4.85. The molecule has 0 amide bonds. The molecule has 0 aromatic heterocycles. The second kappa shape index (κ2) is 5.33. The molecule has 4 heteroatoms. The van der Waals surface area contributed by atoms with Gasteiger partial charge in [-0.1, -0.05) is 36.4 Å². The number of hydrogen-bond donors (Lipinski definition) is 2. The Bertz CT molecular complexity index is 774. The summed E-state index contributed by atoms with van der Waals surface area (Å²) in [6.07, 6.45) is 2.35. The predicted octanol–water partition coefficient (Wildman–Crippen LogP) is 2.72. The molecule has 0 unspecified atom stereocenters. The molecule has 0 saturated heterocycles. The summed E-state index contributed by atoms with van der Waals surface area (Å²) < 4.78 is 0. The van der Waals surface area contributed by atoms with Crippen molar-refractivity contribution in [2.24, 2.45) is 0 Å². The van der Waals surface area contributed by atoms with Crippen LogP contribution in [0.2, 0.25) is 0 Å². The van der Waals surface area contributed by atoms with Crippen molar-refractivity contribution in [2.45, 2.75) is 0 Å². The average molecular weight is 292 g/mol. The number of ketones is 2. The second-order valence-electron chi connectivity index (χ2n) is 4.85. The normalized spacial score (nSPS) is 14.5. The Kier molecular flexibility index (Phi) is 3.35. The lowest BCUT2D eigenvalue weighted by atomic mass is 9.85. The average Bonchev–Trinajstić information content (AvgIpc) is 2.51. The number of para-hydroxylation sites is 2. The van der Waals surface area contributed by atoms with E-state index in [0.29, 0.717) is 0 Å². The molecule has 22 heavy (non-hydrogen) atoms. The lowest BCUT2D eigenvalue weighted by Gasteiger charge is -2.17. The van der Waals surface area contributed by atoms with Gasteiger partial charge in [0.05, 0.1) is 0 Å². The fourth-order valence-electron chi connectivity index (χ4n) is 2.47. The van der Waals surface area contributed by atoms with Crippen LogP contribution in [-0.2, 0) is 9.59 Å². The summed E-state index contributed by atoms with van der Waals surface area (Å²) in [5, 5.41) is 20.0. The number of carbonyl (C=O) groups is 2. The minimum absolute atomic E-state index is 0.0899. The Hall–Kier alpha value is -3.14. The lowest BCUT2D eigenvalue weighted by molar-refractivity contribution is -0.112. The lowest BCUT2D eigenvalue weighted by Crippen LogP contribution is -2.13. The minimum atomic E-state index is -0.389. The molecule has 1 aliphatic carbocycles. The summed E-state index contributed by atoms with van der Waals surface area (Å²) in [5.74, 6) is -0.970. The van der Waals surface area contributed by atoms with Crippen molar-refractivity contribution in [1.82, 2.24) is 0 Å². The Morgan fingerprint density at radius 2 is 0.955 bits per heavy atom. The fraction of sp³-hybridized carbons (Fsp3) is 0. The van der Waals surface area contributed by atoms with E-state index in [9.17, 15) is 19.8 Å². The van der Waals surface area contributed by atoms with Gasteiger partial charge in [0, 0.05) is 22.3 Å². The first-order chi connectivity index (χ1) is 10.6. The molecule has 0 radical (unpaired) electrons. The van der Waals surface area contributed by atoms with Gasteiger partial charge in [0.2, 0.25) is 0 Å². The van der Waals surface area contributed by atoms with Gasteiger partial charge in [0.15, 0.2) is 11.6 Å². The van der Waals surface area contributed by atoms with Gasteiger partial charge in [-0.3, -0.25) is 9.59 Å². The molecular formula is C18H12O4. The molecule has 1 aliphatic rings. The Morgan fingerprint density at radius 3 is 1.32 bits per heavy atom. The number of allylic oxidation sites excluding steroid dienone is 4. The largest absolute Gasteiger partial charge is 0.507 e. The summed E-state index contributed by atoms with van der Waals surface area (Å²) in [7, 11) is 0. The molecule has 0 spiro atoms. The number of carbonyl (C=O) groups excluding carboxylic acids is 2. The Morgan fingerprint density at radius 1 is 0.591 bits per heavy atom. The summed E-state index contributed by atoms with van der Waals surface area (Å²) in [5.41, 5.74) is 0.714. The predicted molar refractivity (Wildman–Crippen MR) is 82.2 cm³/mol. The number of phenols is 2. The van der Waals surface area contributed by atoms with Crippen molar-refractivity contribution in [3.63, 3.8) is 0 Å². The van der Waals surface area contributed by atoms with Crippen molar-refractivity contribution in [3.05, 3.63) is 71.8 Å². The quantitative estimate of drug-likeness (QED) is 0.835. The third kappa shape index (κ3) is 2.20. The molecule has 0 fully saturated rings. The van der Waals surface area contributed by atoms with Crippen LogP contribution in [0, 0.1) is 0 Å². The van der Waals surface area contributed by atoms with Crippen LogP contribution in [0.4, 0.5) is 0 Å². The number of phenolic OH excluding ortho intramolecular Hbond substituents is 2. The van der Waals surface area contributed by atoms with Crippen LogP contribution >= 0.6 is 0 Å². The van der Waals surface area contributed by atoms with Crippen LogP contribution in [0.3, 0.4) is 0 Å². The molecule has 0 atom stereocenters. The minimum Gasteiger partial charge on any atom is -0.507 e. The van der Waals surface area contributed by atoms with E-state index in [2.05, 4.69) is 0 Å². The highest BCUT2D eigenvalue weighted by Crippen LogP contribution is 2.38. The summed E-state index contributed by atoms with van der Waals surface area (Å²) in [6, 6.07) is 12.6. The van der Waals surface area contributed by atoms with Crippen molar-refractivity contribution < 1.29 is 19.8 Å². The van der Waals surface area contributed by atoms with E-state index < -0.39 is 0 Å². The van der Waals surface area contributed by atoms with Gasteiger partial charge >= 0.3 is 0 Å². The van der Waals surface area contributed by atoms with E-state index >= 15 is 0 Å². The van der Waals surface area contributed by atoms with Crippen LogP contribution in [0.15, 0.2) is 60.7 Å². The first-order valence-corrected chi connectivity index (χ1v) is 6.67. The van der Waals surface area contributed by atoms with E-state index in [1.165, 1.54) is 24.3 Å². The smallest absolute Gasteiger partial charge is 0.187 e. The highest BCUT2D eigenvalue weighted by molar-refractivity contribution is 6.48. The molecular weight excluding hydrogens is 280 g/mol. The molecule has 108 valence electrons. The van der Waals surface area contributed by atoms with Crippen LogP contribution in [0.1, 0.15) is 11.1 Å². The maximum absolute atomic E-state index is 12.3. The van der Waals surface area contributed by atoms with Gasteiger partial charge < -0.3 is 10.2 Å². The molecule has 0 heterocycles. The highest BCUT2D eigenvalue weighted by Gasteiger charge is 2.28. The molecule has 0 saturated carbocycles. The molecule has 2 aromatic carbocycles. The Labute approximate surface area is 126 Å². The maximum atomic E-state index is 12.3. The first-order valence-electron chi connectivity index (χ1n) is 6.67. The van der Waals surface area contributed by atoms with Crippen molar-refractivity contribution in [2.75, 3.05) is 0 Å². The Balaban J connectivity index is 2.35. The highest BCUT2D eigenvalue weighted by atomic mass is 16.3. The topological polar surface area (TPSA) is 74.6 Å². The van der Waals surface area contributed by atoms with Crippen molar-refractivity contribution in [3.8, 4) is 11.5 Å². The van der Waals surface area contributed by atoms with Gasteiger partial charge in [0.1, 0.15) is 11.5 Å². The summed E-state index contributed by atoms with van der Waals surface area (Å²) in [4.78, 5) is 24.6. The van der Waals surface area contributed by atoms with Gasteiger partial charge in [-0.2, -0.15) is 0 Å². The third-order valence-corrected chi connectivity index (χ3v) is 3.48. The SMILES string of the molecule is O=C1C=CC(=O)C(c2ccccc2O)=C1c1ccccc1O. The van der Waals surface area contributed by atoms with Crippen LogP contribution in [0.25, 0.3) is 11.1 Å². The van der Waals surface area contributed by atoms with E-state index in [0.717, 1.165) is 0 Å². The van der Waals surface area contributed by atoms with Crippen LogP contribution in [0.5, 0.6) is 11.5 Å². The van der Waals surface area contributed by atoms with Crippen LogP contribution < -0.4 is 0 Å². The maximum Gasteiger partial charge on any atom is 0.187 e. The van der Waals surface area contributed by atoms with Gasteiger partial charge in [0.25, 0.3) is 0 Å². The standard InChI is InChI=1S/C18H12O4/c19-13-7-3-1-5-11(13)17-15(21)9-10-16(22)18(17)12-6-2-4-8-14(12)20/h1-10,19-20H. The van der Waals surface area contributed by atoms with E-state index in [-0.39, 0.29) is 45.3 Å². The first kappa shape index (κ1) is 13.8. The molecule has 4 nitrogen and oxygen atoms in total. The number of rotatable bonds is 2. The summed E-state index contributed by atoms with van der Waals surface area (Å²) in [6.45, 7) is 0. The van der Waals surface area contributed by atoms with Gasteiger partial charge in [-0.15, -0.1) is 0 Å². The fourth-order valence-corrected chi connectivity index (χ4v) is 2.47. The van der Waals surface area contributed by atoms with E-state index in [4.69, 9.17) is 0 Å². The van der Waals surface area contributed by atoms with Crippen LogP contribution in [-0.4, -0.2) is 21.8 Å². The van der Waals surface area contributed by atoms with Crippen molar-refractivity contribution >= 4 is 22.7 Å². The molecule has 2 N–H and O–H groups in total.